The standard InChI is InChI=1S/C5H6BrIN2/c6-3-1-4(7)5(8)9-2-3/h1-2,5,9H,8H2. The van der Waals surface area contributed by atoms with E-state index in [1.165, 1.54) is 0 Å². The fraction of sp³-hybridized carbons (Fsp3) is 0.200. The van der Waals surface area contributed by atoms with E-state index in [1.54, 1.807) is 0 Å². The van der Waals surface area contributed by atoms with E-state index in [9.17, 15) is 0 Å². The molecule has 4 heteroatoms. The summed E-state index contributed by atoms with van der Waals surface area (Å²) in [5.74, 6) is 0. The predicted molar refractivity (Wildman–Crippen MR) is 50.2 cm³/mol. The second-order valence-electron chi connectivity index (χ2n) is 1.70. The minimum Gasteiger partial charge on any atom is -0.371 e. The van der Waals surface area contributed by atoms with E-state index in [2.05, 4.69) is 43.8 Å². The zero-order valence-corrected chi connectivity index (χ0v) is 8.31. The lowest BCUT2D eigenvalue weighted by molar-refractivity contribution is 0.722. The average molecular weight is 301 g/mol. The Morgan fingerprint density at radius 3 is 2.89 bits per heavy atom. The van der Waals surface area contributed by atoms with Gasteiger partial charge in [0.15, 0.2) is 0 Å². The van der Waals surface area contributed by atoms with E-state index in [0.717, 1.165) is 8.06 Å². The van der Waals surface area contributed by atoms with Crippen LogP contribution in [0.5, 0.6) is 0 Å². The smallest absolute Gasteiger partial charge is 0.106 e. The van der Waals surface area contributed by atoms with Crippen molar-refractivity contribution in [1.82, 2.24) is 5.32 Å². The maximum Gasteiger partial charge on any atom is 0.106 e. The lowest BCUT2D eigenvalue weighted by Gasteiger charge is -2.15. The highest BCUT2D eigenvalue weighted by atomic mass is 127. The average Bonchev–Trinajstić information content (AvgIpc) is 1.80. The van der Waals surface area contributed by atoms with Crippen LogP contribution in [0.4, 0.5) is 0 Å². The molecule has 1 aliphatic heterocycles. The number of allylic oxidation sites excluding steroid dienone is 2. The molecule has 1 unspecified atom stereocenters. The van der Waals surface area contributed by atoms with Crippen LogP contribution in [0, 0.1) is 0 Å². The summed E-state index contributed by atoms with van der Waals surface area (Å²) in [5.41, 5.74) is 5.59. The summed E-state index contributed by atoms with van der Waals surface area (Å²) in [6.07, 6.45) is 3.81. The van der Waals surface area contributed by atoms with Crippen LogP contribution in [-0.4, -0.2) is 6.17 Å². The summed E-state index contributed by atoms with van der Waals surface area (Å²) < 4.78 is 2.15. The molecule has 0 aromatic rings. The van der Waals surface area contributed by atoms with Crippen LogP contribution in [0.1, 0.15) is 0 Å². The second-order valence-corrected chi connectivity index (χ2v) is 3.86. The Morgan fingerprint density at radius 2 is 2.44 bits per heavy atom. The molecule has 0 spiro atoms. The first-order chi connectivity index (χ1) is 4.20. The van der Waals surface area contributed by atoms with Gasteiger partial charge in [0.1, 0.15) is 6.17 Å². The number of nitrogens with one attached hydrogen (secondary N) is 1. The van der Waals surface area contributed by atoms with Gasteiger partial charge in [0, 0.05) is 14.3 Å². The Balaban J connectivity index is 2.74. The third kappa shape index (κ3) is 1.94. The molecule has 1 aliphatic rings. The Morgan fingerprint density at radius 1 is 1.78 bits per heavy atom. The lowest BCUT2D eigenvalue weighted by atomic mass is 10.3. The molecule has 0 saturated heterocycles. The van der Waals surface area contributed by atoms with Crippen LogP contribution in [-0.2, 0) is 0 Å². The summed E-state index contributed by atoms with van der Waals surface area (Å²) in [6.45, 7) is 0. The van der Waals surface area contributed by atoms with E-state index in [4.69, 9.17) is 5.73 Å². The van der Waals surface area contributed by atoms with Crippen molar-refractivity contribution in [3.63, 3.8) is 0 Å². The van der Waals surface area contributed by atoms with E-state index >= 15 is 0 Å². The minimum atomic E-state index is -0.0214. The van der Waals surface area contributed by atoms with Crippen LogP contribution >= 0.6 is 38.5 Å². The summed E-state index contributed by atoms with van der Waals surface area (Å²) in [7, 11) is 0. The third-order valence-electron chi connectivity index (χ3n) is 0.974. The molecule has 0 radical (unpaired) electrons. The van der Waals surface area contributed by atoms with Gasteiger partial charge in [-0.15, -0.1) is 0 Å². The van der Waals surface area contributed by atoms with E-state index in [0.29, 0.717) is 0 Å². The fourth-order valence-corrected chi connectivity index (χ4v) is 1.83. The van der Waals surface area contributed by atoms with Gasteiger partial charge in [-0.05, 0) is 44.6 Å². The molecule has 0 amide bonds. The zero-order chi connectivity index (χ0) is 6.85. The first-order valence-corrected chi connectivity index (χ1v) is 4.32. The first kappa shape index (κ1) is 7.56. The van der Waals surface area contributed by atoms with Crippen LogP contribution in [0.15, 0.2) is 20.3 Å². The highest BCUT2D eigenvalue weighted by Crippen LogP contribution is 2.19. The highest BCUT2D eigenvalue weighted by Gasteiger charge is 2.07. The summed E-state index contributed by atoms with van der Waals surface area (Å²) in [6, 6.07) is 0. The molecule has 0 aromatic carbocycles. The SMILES string of the molecule is NC1NC=C(Br)C=C1I. The number of hydrogen-bond donors (Lipinski definition) is 2. The number of rotatable bonds is 0. The van der Waals surface area contributed by atoms with Crippen molar-refractivity contribution >= 4 is 38.5 Å². The van der Waals surface area contributed by atoms with Gasteiger partial charge < -0.3 is 11.1 Å². The molecule has 1 atom stereocenters. The van der Waals surface area contributed by atoms with Crippen LogP contribution in [0.3, 0.4) is 0 Å². The topological polar surface area (TPSA) is 38.0 Å². The van der Waals surface area contributed by atoms with Crippen molar-refractivity contribution in [2.75, 3.05) is 0 Å². The monoisotopic (exact) mass is 300 g/mol. The number of nitrogens with two attached hydrogens (primary N) is 1. The molecule has 0 aliphatic carbocycles. The molecule has 0 bridgehead atoms. The molecule has 0 aromatic heterocycles. The Hall–Kier alpha value is 0.450. The quantitative estimate of drug-likeness (QED) is 0.664. The van der Waals surface area contributed by atoms with Crippen molar-refractivity contribution < 1.29 is 0 Å². The maximum atomic E-state index is 5.59. The van der Waals surface area contributed by atoms with E-state index in [-0.39, 0.29) is 6.17 Å². The van der Waals surface area contributed by atoms with Gasteiger partial charge in [-0.25, -0.2) is 0 Å². The summed E-state index contributed by atoms with van der Waals surface area (Å²) in [5, 5.41) is 2.97. The number of hydrogen-bond acceptors (Lipinski definition) is 2. The van der Waals surface area contributed by atoms with Gasteiger partial charge in [0.2, 0.25) is 0 Å². The maximum absolute atomic E-state index is 5.59. The Bertz CT molecular complexity index is 176. The summed E-state index contributed by atoms with van der Waals surface area (Å²) >= 11 is 5.52. The van der Waals surface area contributed by atoms with Crippen LogP contribution < -0.4 is 11.1 Å². The van der Waals surface area contributed by atoms with Crippen molar-refractivity contribution in [1.29, 1.82) is 0 Å². The van der Waals surface area contributed by atoms with Crippen LogP contribution in [0.2, 0.25) is 0 Å². The fourth-order valence-electron chi connectivity index (χ4n) is 0.512. The number of halogens is 2. The Kier molecular flexibility index (Phi) is 2.54. The zero-order valence-electron chi connectivity index (χ0n) is 4.57. The highest BCUT2D eigenvalue weighted by molar-refractivity contribution is 14.1. The first-order valence-electron chi connectivity index (χ1n) is 2.44. The number of dihydropyridines is 1. The van der Waals surface area contributed by atoms with Crippen molar-refractivity contribution in [3.8, 4) is 0 Å². The third-order valence-corrected chi connectivity index (χ3v) is 2.41. The van der Waals surface area contributed by atoms with Gasteiger partial charge in [0.25, 0.3) is 0 Å². The minimum absolute atomic E-state index is 0.0214. The largest absolute Gasteiger partial charge is 0.371 e. The van der Waals surface area contributed by atoms with Crippen LogP contribution in [0.25, 0.3) is 0 Å². The molecule has 3 N–H and O–H groups in total. The molecule has 1 heterocycles. The van der Waals surface area contributed by atoms with Gasteiger partial charge >= 0.3 is 0 Å². The van der Waals surface area contributed by atoms with Gasteiger partial charge in [-0.3, -0.25) is 0 Å². The molecule has 0 fully saturated rings. The second kappa shape index (κ2) is 3.03. The lowest BCUT2D eigenvalue weighted by Crippen LogP contribution is -2.35. The molecule has 9 heavy (non-hydrogen) atoms. The van der Waals surface area contributed by atoms with Gasteiger partial charge in [-0.1, -0.05) is 0 Å². The van der Waals surface area contributed by atoms with Gasteiger partial charge in [-0.2, -0.15) is 0 Å². The van der Waals surface area contributed by atoms with E-state index in [1.807, 2.05) is 12.3 Å². The van der Waals surface area contributed by atoms with Crippen molar-refractivity contribution in [2.45, 2.75) is 6.17 Å². The Labute approximate surface area is 75.8 Å². The van der Waals surface area contributed by atoms with Gasteiger partial charge in [0.05, 0.1) is 0 Å². The molecular formula is C5H6BrIN2. The molecular weight excluding hydrogens is 295 g/mol. The van der Waals surface area contributed by atoms with Crippen molar-refractivity contribution in [2.24, 2.45) is 5.73 Å². The predicted octanol–water partition coefficient (Wildman–Crippen LogP) is 1.43. The molecule has 0 saturated carbocycles. The molecule has 2 nitrogen and oxygen atoms in total. The van der Waals surface area contributed by atoms with Crippen molar-refractivity contribution in [3.05, 3.63) is 20.3 Å². The normalized spacial score (nSPS) is 26.3. The van der Waals surface area contributed by atoms with E-state index < -0.39 is 0 Å². The molecule has 50 valence electrons. The summed E-state index contributed by atoms with van der Waals surface area (Å²) in [4.78, 5) is 0. The molecule has 1 rings (SSSR count).